The van der Waals surface area contributed by atoms with Crippen molar-refractivity contribution in [2.75, 3.05) is 13.2 Å². The first-order valence-electron chi connectivity index (χ1n) is 9.82. The number of rotatable bonds is 9. The van der Waals surface area contributed by atoms with E-state index in [2.05, 4.69) is 5.32 Å². The van der Waals surface area contributed by atoms with Crippen LogP contribution in [0.4, 0.5) is 10.5 Å². The summed E-state index contributed by atoms with van der Waals surface area (Å²) in [5.41, 5.74) is -0.710. The highest BCUT2D eigenvalue weighted by atomic mass is 16.6. The van der Waals surface area contributed by atoms with Gasteiger partial charge in [-0.2, -0.15) is 0 Å². The molecule has 0 fully saturated rings. The van der Waals surface area contributed by atoms with E-state index in [9.17, 15) is 24.5 Å². The second kappa shape index (κ2) is 11.5. The molecule has 0 atom stereocenters. The Morgan fingerprint density at radius 3 is 2.36 bits per heavy atom. The van der Waals surface area contributed by atoms with Crippen molar-refractivity contribution in [1.29, 1.82) is 0 Å². The van der Waals surface area contributed by atoms with E-state index in [4.69, 9.17) is 18.9 Å². The average Bonchev–Trinajstić information content (AvgIpc) is 2.74. The summed E-state index contributed by atoms with van der Waals surface area (Å²) in [5, 5.41) is 13.5. The molecule has 0 aliphatic rings. The van der Waals surface area contributed by atoms with Gasteiger partial charge in [-0.05, 0) is 50.6 Å². The van der Waals surface area contributed by atoms with Crippen molar-refractivity contribution < 1.29 is 38.3 Å². The van der Waals surface area contributed by atoms with Crippen LogP contribution in [0.2, 0.25) is 0 Å². The maximum Gasteiger partial charge on any atom is 0.408 e. The number of esters is 2. The largest absolute Gasteiger partial charge is 0.475 e. The molecule has 0 bridgehead atoms. The molecule has 0 radical (unpaired) electrons. The predicted octanol–water partition coefficient (Wildman–Crippen LogP) is 3.15. The van der Waals surface area contributed by atoms with Crippen LogP contribution in [-0.4, -0.2) is 41.7 Å². The summed E-state index contributed by atoms with van der Waals surface area (Å²) in [6, 6.07) is 12.1. The SMILES string of the molecule is CC(C)(C)OC(=O)NCC(=O)OCc1ccc([N+](=O)[O-])c(OCC(=O)Oc2ccccc2)c1. The van der Waals surface area contributed by atoms with Crippen LogP contribution in [0, 0.1) is 10.1 Å². The third-order valence-electron chi connectivity index (χ3n) is 3.72. The van der Waals surface area contributed by atoms with E-state index in [1.807, 2.05) is 0 Å². The van der Waals surface area contributed by atoms with Gasteiger partial charge in [0.2, 0.25) is 0 Å². The fourth-order valence-corrected chi connectivity index (χ4v) is 2.37. The van der Waals surface area contributed by atoms with Crippen molar-refractivity contribution in [3.8, 4) is 11.5 Å². The number of carbonyl (C=O) groups is 3. The third kappa shape index (κ3) is 9.25. The minimum absolute atomic E-state index is 0.189. The lowest BCUT2D eigenvalue weighted by molar-refractivity contribution is -0.385. The van der Waals surface area contributed by atoms with Crippen molar-refractivity contribution in [2.24, 2.45) is 0 Å². The molecule has 0 aliphatic carbocycles. The Balaban J connectivity index is 1.91. The zero-order valence-corrected chi connectivity index (χ0v) is 18.4. The molecule has 0 saturated heterocycles. The molecule has 11 nitrogen and oxygen atoms in total. The topological polar surface area (TPSA) is 143 Å². The first-order valence-corrected chi connectivity index (χ1v) is 9.82. The molecule has 0 saturated carbocycles. The van der Waals surface area contributed by atoms with E-state index in [-0.39, 0.29) is 18.0 Å². The van der Waals surface area contributed by atoms with Crippen molar-refractivity contribution in [3.63, 3.8) is 0 Å². The van der Waals surface area contributed by atoms with Gasteiger partial charge in [0.25, 0.3) is 0 Å². The number of alkyl carbamates (subject to hydrolysis) is 1. The van der Waals surface area contributed by atoms with E-state index in [1.54, 1.807) is 51.1 Å². The molecular formula is C22H24N2O9. The van der Waals surface area contributed by atoms with E-state index in [0.29, 0.717) is 11.3 Å². The number of nitro groups is 1. The Morgan fingerprint density at radius 1 is 1.03 bits per heavy atom. The van der Waals surface area contributed by atoms with Gasteiger partial charge >= 0.3 is 23.7 Å². The Labute approximate surface area is 189 Å². The molecule has 0 aliphatic heterocycles. The van der Waals surface area contributed by atoms with Gasteiger partial charge in [0, 0.05) is 6.07 Å². The van der Waals surface area contributed by atoms with E-state index in [1.165, 1.54) is 18.2 Å². The van der Waals surface area contributed by atoms with Gasteiger partial charge in [-0.3, -0.25) is 14.9 Å². The van der Waals surface area contributed by atoms with Gasteiger partial charge in [0.1, 0.15) is 24.5 Å². The van der Waals surface area contributed by atoms with Crippen molar-refractivity contribution >= 4 is 23.7 Å². The zero-order valence-electron chi connectivity index (χ0n) is 18.4. The summed E-state index contributed by atoms with van der Waals surface area (Å²) >= 11 is 0. The fourth-order valence-electron chi connectivity index (χ4n) is 2.37. The van der Waals surface area contributed by atoms with Gasteiger partial charge in [-0.15, -0.1) is 0 Å². The number of nitrogens with zero attached hydrogens (tertiary/aromatic N) is 1. The minimum atomic E-state index is -0.770. The highest BCUT2D eigenvalue weighted by Crippen LogP contribution is 2.28. The summed E-state index contributed by atoms with van der Waals surface area (Å²) in [6.45, 7) is 3.81. The maximum atomic E-state index is 11.9. The first kappa shape index (κ1) is 25.1. The highest BCUT2D eigenvalue weighted by molar-refractivity contribution is 5.78. The summed E-state index contributed by atoms with van der Waals surface area (Å²) in [5.74, 6) is -1.37. The Kier molecular flexibility index (Phi) is 8.72. The standard InChI is InChI=1S/C22H24N2O9/c1-22(2,3)33-21(27)23-12-19(25)31-13-15-9-10-17(24(28)29)18(11-15)30-14-20(26)32-16-7-5-4-6-8-16/h4-11H,12-14H2,1-3H3,(H,23,27). The number of ether oxygens (including phenoxy) is 4. The maximum absolute atomic E-state index is 11.9. The second-order valence-electron chi connectivity index (χ2n) is 7.65. The number of hydrogen-bond acceptors (Lipinski definition) is 9. The number of hydrogen-bond donors (Lipinski definition) is 1. The number of para-hydroxylation sites is 1. The zero-order chi connectivity index (χ0) is 24.4. The third-order valence-corrected chi connectivity index (χ3v) is 3.72. The average molecular weight is 460 g/mol. The van der Waals surface area contributed by atoms with Crippen LogP contribution in [-0.2, 0) is 25.7 Å². The van der Waals surface area contributed by atoms with Crippen LogP contribution in [0.15, 0.2) is 48.5 Å². The monoisotopic (exact) mass is 460 g/mol. The summed E-state index contributed by atoms with van der Waals surface area (Å²) in [4.78, 5) is 45.9. The fraction of sp³-hybridized carbons (Fsp3) is 0.318. The predicted molar refractivity (Wildman–Crippen MR) is 115 cm³/mol. The number of carbonyl (C=O) groups excluding carboxylic acids is 3. The van der Waals surface area contributed by atoms with Gasteiger partial charge in [-0.1, -0.05) is 18.2 Å². The number of amides is 1. The molecule has 176 valence electrons. The number of nitro benzene ring substituents is 1. The van der Waals surface area contributed by atoms with Gasteiger partial charge < -0.3 is 24.3 Å². The lowest BCUT2D eigenvalue weighted by atomic mass is 10.2. The Bertz CT molecular complexity index is 1000. The highest BCUT2D eigenvalue weighted by Gasteiger charge is 2.19. The van der Waals surface area contributed by atoms with Crippen molar-refractivity contribution in [2.45, 2.75) is 33.0 Å². The second-order valence-corrected chi connectivity index (χ2v) is 7.65. The molecule has 11 heteroatoms. The van der Waals surface area contributed by atoms with Gasteiger partial charge in [-0.25, -0.2) is 9.59 Å². The molecule has 2 aromatic rings. The lowest BCUT2D eigenvalue weighted by Gasteiger charge is -2.19. The molecule has 0 heterocycles. The molecule has 1 N–H and O–H groups in total. The molecule has 0 spiro atoms. The smallest absolute Gasteiger partial charge is 0.408 e. The van der Waals surface area contributed by atoms with E-state index < -0.39 is 41.7 Å². The van der Waals surface area contributed by atoms with Crippen molar-refractivity contribution in [1.82, 2.24) is 5.32 Å². The summed E-state index contributed by atoms with van der Waals surface area (Å²) in [6.07, 6.45) is -0.770. The molecule has 1 amide bonds. The van der Waals surface area contributed by atoms with Crippen molar-refractivity contribution in [3.05, 3.63) is 64.2 Å². The van der Waals surface area contributed by atoms with Gasteiger partial charge in [0.15, 0.2) is 12.4 Å². The van der Waals surface area contributed by atoms with E-state index >= 15 is 0 Å². The van der Waals surface area contributed by atoms with Crippen LogP contribution >= 0.6 is 0 Å². The summed E-state index contributed by atoms with van der Waals surface area (Å²) < 4.78 is 20.4. The first-order chi connectivity index (χ1) is 15.5. The van der Waals surface area contributed by atoms with Crippen LogP contribution in [0.5, 0.6) is 11.5 Å². The summed E-state index contributed by atoms with van der Waals surface area (Å²) in [7, 11) is 0. The van der Waals surface area contributed by atoms with Gasteiger partial charge in [0.05, 0.1) is 4.92 Å². The Hall–Kier alpha value is -4.15. The molecule has 33 heavy (non-hydrogen) atoms. The number of benzene rings is 2. The molecule has 0 unspecified atom stereocenters. The van der Waals surface area contributed by atoms with E-state index in [0.717, 1.165) is 0 Å². The molecular weight excluding hydrogens is 436 g/mol. The number of nitrogens with one attached hydrogen (secondary N) is 1. The Morgan fingerprint density at radius 2 is 1.73 bits per heavy atom. The van der Waals surface area contributed by atoms with Crippen LogP contribution < -0.4 is 14.8 Å². The van der Waals surface area contributed by atoms with Crippen LogP contribution in [0.25, 0.3) is 0 Å². The molecule has 2 aromatic carbocycles. The normalized spacial score (nSPS) is 10.6. The molecule has 2 rings (SSSR count). The lowest BCUT2D eigenvalue weighted by Crippen LogP contribution is -2.36. The quantitative estimate of drug-likeness (QED) is 0.258. The minimum Gasteiger partial charge on any atom is -0.475 e. The van der Waals surface area contributed by atoms with Crippen LogP contribution in [0.1, 0.15) is 26.3 Å². The molecule has 0 aromatic heterocycles. The van der Waals surface area contributed by atoms with Crippen LogP contribution in [0.3, 0.4) is 0 Å².